The molecule has 3 aromatic heterocycles. The van der Waals surface area contributed by atoms with E-state index >= 15 is 0 Å². The van der Waals surface area contributed by atoms with Gasteiger partial charge in [-0.05, 0) is 24.3 Å². The first-order valence-electron chi connectivity index (χ1n) is 5.65. The fourth-order valence-electron chi connectivity index (χ4n) is 1.82. The van der Waals surface area contributed by atoms with Gasteiger partial charge in [0.15, 0.2) is 5.13 Å². The summed E-state index contributed by atoms with van der Waals surface area (Å²) in [5.74, 6) is 0. The molecule has 0 bridgehead atoms. The van der Waals surface area contributed by atoms with Crippen LogP contribution in [0.2, 0.25) is 10.3 Å². The average Bonchev–Trinajstić information content (AvgIpc) is 2.81. The minimum absolute atomic E-state index is 0.374. The SMILES string of the molecule is Nc1nc(-c2cccnc2Cl)c(-c2cccnc2Cl)s1. The summed E-state index contributed by atoms with van der Waals surface area (Å²) in [6, 6.07) is 7.32. The topological polar surface area (TPSA) is 64.7 Å². The van der Waals surface area contributed by atoms with E-state index in [2.05, 4.69) is 15.0 Å². The van der Waals surface area contributed by atoms with Gasteiger partial charge in [-0.25, -0.2) is 15.0 Å². The van der Waals surface area contributed by atoms with Crippen LogP contribution in [-0.4, -0.2) is 15.0 Å². The number of hydrogen-bond donors (Lipinski definition) is 1. The lowest BCUT2D eigenvalue weighted by Crippen LogP contribution is -1.88. The van der Waals surface area contributed by atoms with Crippen molar-refractivity contribution in [3.63, 3.8) is 0 Å². The first kappa shape index (κ1) is 13.3. The molecule has 0 saturated heterocycles. The number of nitrogen functional groups attached to an aromatic ring is 1. The number of nitrogens with zero attached hydrogens (tertiary/aromatic N) is 3. The van der Waals surface area contributed by atoms with Crippen molar-refractivity contribution in [2.24, 2.45) is 0 Å². The Kier molecular flexibility index (Phi) is 3.56. The van der Waals surface area contributed by atoms with Gasteiger partial charge in [-0.2, -0.15) is 0 Å². The van der Waals surface area contributed by atoms with Gasteiger partial charge in [-0.1, -0.05) is 34.5 Å². The molecule has 0 saturated carbocycles. The Morgan fingerprint density at radius 1 is 0.950 bits per heavy atom. The van der Waals surface area contributed by atoms with Crippen LogP contribution in [0.5, 0.6) is 0 Å². The Hall–Kier alpha value is -1.69. The average molecular weight is 323 g/mol. The van der Waals surface area contributed by atoms with Crippen LogP contribution in [0.4, 0.5) is 5.13 Å². The molecule has 4 nitrogen and oxygen atoms in total. The van der Waals surface area contributed by atoms with Gasteiger partial charge in [0.05, 0.1) is 10.6 Å². The third-order valence-corrected chi connectivity index (χ3v) is 4.18. The zero-order chi connectivity index (χ0) is 14.1. The normalized spacial score (nSPS) is 10.7. The number of rotatable bonds is 2. The molecule has 20 heavy (non-hydrogen) atoms. The summed E-state index contributed by atoms with van der Waals surface area (Å²) in [6.07, 6.45) is 3.26. The van der Waals surface area contributed by atoms with E-state index in [0.29, 0.717) is 21.1 Å². The van der Waals surface area contributed by atoms with E-state index in [4.69, 9.17) is 28.9 Å². The Balaban J connectivity index is 2.25. The van der Waals surface area contributed by atoms with E-state index in [9.17, 15) is 0 Å². The largest absolute Gasteiger partial charge is 0.375 e. The molecule has 0 aliphatic carbocycles. The molecular formula is C13H8Cl2N4S. The molecule has 100 valence electrons. The second kappa shape index (κ2) is 5.36. The molecule has 3 rings (SSSR count). The standard InChI is InChI=1S/C13H8Cl2N4S/c14-11-7(3-1-5-17-11)9-10(20-13(16)19-9)8-4-2-6-18-12(8)15/h1-6H,(H2,16,19). The van der Waals surface area contributed by atoms with Gasteiger partial charge in [-0.15, -0.1) is 0 Å². The van der Waals surface area contributed by atoms with Gasteiger partial charge in [0.25, 0.3) is 0 Å². The number of halogens is 2. The van der Waals surface area contributed by atoms with Crippen LogP contribution in [0, 0.1) is 0 Å². The maximum Gasteiger partial charge on any atom is 0.181 e. The molecule has 0 atom stereocenters. The first-order chi connectivity index (χ1) is 9.66. The highest BCUT2D eigenvalue weighted by Crippen LogP contribution is 2.41. The molecule has 0 radical (unpaired) electrons. The van der Waals surface area contributed by atoms with Gasteiger partial charge < -0.3 is 5.73 Å². The van der Waals surface area contributed by atoms with Crippen LogP contribution < -0.4 is 5.73 Å². The van der Waals surface area contributed by atoms with Crippen LogP contribution in [0.1, 0.15) is 0 Å². The number of aromatic nitrogens is 3. The van der Waals surface area contributed by atoms with Crippen molar-refractivity contribution in [3.05, 3.63) is 47.0 Å². The predicted molar refractivity (Wildman–Crippen MR) is 83.0 cm³/mol. The zero-order valence-corrected chi connectivity index (χ0v) is 12.4. The van der Waals surface area contributed by atoms with Crippen LogP contribution in [-0.2, 0) is 0 Å². The fourth-order valence-corrected chi connectivity index (χ4v) is 3.17. The molecule has 3 aromatic rings. The van der Waals surface area contributed by atoms with Crippen LogP contribution in [0.3, 0.4) is 0 Å². The third-order valence-electron chi connectivity index (χ3n) is 2.66. The second-order valence-electron chi connectivity index (χ2n) is 3.91. The molecule has 2 N–H and O–H groups in total. The fraction of sp³-hybridized carbons (Fsp3) is 0. The Morgan fingerprint density at radius 3 is 2.15 bits per heavy atom. The first-order valence-corrected chi connectivity index (χ1v) is 7.22. The minimum atomic E-state index is 0.374. The number of hydrogen-bond acceptors (Lipinski definition) is 5. The molecule has 0 spiro atoms. The van der Waals surface area contributed by atoms with Gasteiger partial charge in [0.2, 0.25) is 0 Å². The van der Waals surface area contributed by atoms with Gasteiger partial charge >= 0.3 is 0 Å². The van der Waals surface area contributed by atoms with Crippen molar-refractivity contribution in [2.45, 2.75) is 0 Å². The number of nitrogens with two attached hydrogens (primary N) is 1. The molecule has 0 amide bonds. The number of thiazole rings is 1. The van der Waals surface area contributed by atoms with E-state index in [0.717, 1.165) is 16.0 Å². The molecule has 0 aliphatic heterocycles. The molecule has 0 aliphatic rings. The lowest BCUT2D eigenvalue weighted by molar-refractivity contribution is 1.30. The molecular weight excluding hydrogens is 315 g/mol. The van der Waals surface area contributed by atoms with Crippen molar-refractivity contribution < 1.29 is 0 Å². The maximum atomic E-state index is 6.15. The van der Waals surface area contributed by atoms with E-state index in [1.165, 1.54) is 11.3 Å². The third kappa shape index (κ3) is 2.35. The predicted octanol–water partition coefficient (Wildman–Crippen LogP) is 4.16. The summed E-state index contributed by atoms with van der Waals surface area (Å²) in [6.45, 7) is 0. The van der Waals surface area contributed by atoms with Crippen molar-refractivity contribution in [1.29, 1.82) is 0 Å². The Labute approximate surface area is 129 Å². The van der Waals surface area contributed by atoms with Crippen molar-refractivity contribution >= 4 is 39.7 Å². The zero-order valence-electron chi connectivity index (χ0n) is 10.0. The summed E-state index contributed by atoms with van der Waals surface area (Å²) in [5, 5.41) is 1.21. The molecule has 0 unspecified atom stereocenters. The van der Waals surface area contributed by atoms with Crippen LogP contribution in [0.15, 0.2) is 36.7 Å². The van der Waals surface area contributed by atoms with Gasteiger partial charge in [-0.3, -0.25) is 0 Å². The molecule has 0 fully saturated rings. The Morgan fingerprint density at radius 2 is 1.55 bits per heavy atom. The number of pyridine rings is 2. The summed E-state index contributed by atoms with van der Waals surface area (Å²) in [5.41, 5.74) is 8.00. The summed E-state index contributed by atoms with van der Waals surface area (Å²) < 4.78 is 0. The lowest BCUT2D eigenvalue weighted by Gasteiger charge is -2.05. The van der Waals surface area contributed by atoms with Gasteiger partial charge in [0, 0.05) is 23.5 Å². The lowest BCUT2D eigenvalue weighted by atomic mass is 10.1. The van der Waals surface area contributed by atoms with Crippen molar-refractivity contribution in [2.75, 3.05) is 5.73 Å². The quantitative estimate of drug-likeness (QED) is 0.719. The summed E-state index contributed by atoms with van der Waals surface area (Å²) in [7, 11) is 0. The van der Waals surface area contributed by atoms with Crippen molar-refractivity contribution in [3.8, 4) is 21.7 Å². The highest BCUT2D eigenvalue weighted by molar-refractivity contribution is 7.19. The van der Waals surface area contributed by atoms with Gasteiger partial charge in [0.1, 0.15) is 10.3 Å². The highest BCUT2D eigenvalue weighted by atomic mass is 35.5. The van der Waals surface area contributed by atoms with Crippen molar-refractivity contribution in [1.82, 2.24) is 15.0 Å². The Bertz CT molecular complexity index is 710. The second-order valence-corrected chi connectivity index (χ2v) is 5.66. The van der Waals surface area contributed by atoms with E-state index in [1.807, 2.05) is 18.2 Å². The smallest absolute Gasteiger partial charge is 0.181 e. The van der Waals surface area contributed by atoms with E-state index < -0.39 is 0 Å². The summed E-state index contributed by atoms with van der Waals surface area (Å²) >= 11 is 13.6. The van der Waals surface area contributed by atoms with E-state index in [-0.39, 0.29) is 0 Å². The summed E-state index contributed by atoms with van der Waals surface area (Å²) in [4.78, 5) is 13.3. The van der Waals surface area contributed by atoms with Crippen LogP contribution in [0.25, 0.3) is 21.7 Å². The maximum absolute atomic E-state index is 6.15. The minimum Gasteiger partial charge on any atom is -0.375 e. The molecule has 0 aromatic carbocycles. The highest BCUT2D eigenvalue weighted by Gasteiger charge is 2.18. The van der Waals surface area contributed by atoms with Crippen LogP contribution >= 0.6 is 34.5 Å². The molecule has 7 heteroatoms. The molecule has 3 heterocycles. The monoisotopic (exact) mass is 322 g/mol. The number of anilines is 1. The van der Waals surface area contributed by atoms with E-state index in [1.54, 1.807) is 18.5 Å².